The molecule has 0 bridgehead atoms. The molecule has 0 fully saturated rings. The van der Waals surface area contributed by atoms with Gasteiger partial charge in [-0.3, -0.25) is 0 Å². The van der Waals surface area contributed by atoms with Crippen LogP contribution in [0, 0.1) is 5.92 Å². The number of halogens is 2. The largest absolute Gasteiger partial charge is 0.479 e. The number of carboxylic acids is 1. The van der Waals surface area contributed by atoms with E-state index in [0.717, 1.165) is 0 Å². The first-order valence-corrected chi connectivity index (χ1v) is 3.67. The molecule has 1 N–H and O–H groups in total. The maximum absolute atomic E-state index is 10.3. The summed E-state index contributed by atoms with van der Waals surface area (Å²) in [6.07, 6.45) is 0. The number of carbonyl (C=O) groups is 1. The normalized spacial score (nSPS) is 17.4. The summed E-state index contributed by atoms with van der Waals surface area (Å²) in [6, 6.07) is 0. The van der Waals surface area contributed by atoms with Gasteiger partial charge in [-0.25, -0.2) is 4.79 Å². The number of rotatable bonds is 2. The van der Waals surface area contributed by atoms with Gasteiger partial charge >= 0.3 is 5.97 Å². The highest BCUT2D eigenvalue weighted by atomic mass is 79.9. The van der Waals surface area contributed by atoms with E-state index in [9.17, 15) is 4.79 Å². The van der Waals surface area contributed by atoms with Crippen LogP contribution in [0.15, 0.2) is 0 Å². The quantitative estimate of drug-likeness (QED) is 0.716. The molecule has 0 amide bonds. The monoisotopic (exact) mass is 214 g/mol. The van der Waals surface area contributed by atoms with Crippen molar-refractivity contribution in [3.05, 3.63) is 0 Å². The molecule has 9 heavy (non-hydrogen) atoms. The maximum atomic E-state index is 10.3. The van der Waals surface area contributed by atoms with Gasteiger partial charge in [0.1, 0.15) is 0 Å². The predicted molar refractivity (Wildman–Crippen MR) is 40.0 cm³/mol. The average Bonchev–Trinajstić information content (AvgIpc) is 1.65. The van der Waals surface area contributed by atoms with E-state index in [1.807, 2.05) is 0 Å². The molecule has 1 atom stereocenters. The van der Waals surface area contributed by atoms with Gasteiger partial charge < -0.3 is 5.11 Å². The summed E-state index contributed by atoms with van der Waals surface area (Å²) >= 11 is 8.40. The summed E-state index contributed by atoms with van der Waals surface area (Å²) in [5, 5.41) is 8.43. The zero-order chi connectivity index (χ0) is 7.65. The zero-order valence-corrected chi connectivity index (χ0v) is 7.53. The molecule has 0 spiro atoms. The predicted octanol–water partition coefficient (Wildman–Crippen LogP) is 2.06. The van der Waals surface area contributed by atoms with E-state index in [4.69, 9.17) is 16.7 Å². The fourth-order valence-corrected chi connectivity index (χ4v) is 0.247. The summed E-state index contributed by atoms with van der Waals surface area (Å²) < 4.78 is -1.30. The molecule has 0 aliphatic carbocycles. The first-order chi connectivity index (χ1) is 3.89. The number of aliphatic carboxylic acids is 1. The van der Waals surface area contributed by atoms with Gasteiger partial charge in [-0.1, -0.05) is 41.4 Å². The molecule has 54 valence electrons. The third kappa shape index (κ3) is 2.14. The Kier molecular flexibility index (Phi) is 2.96. The summed E-state index contributed by atoms with van der Waals surface area (Å²) in [4.78, 5) is 10.3. The summed E-state index contributed by atoms with van der Waals surface area (Å²) in [5.74, 6) is -1.17. The topological polar surface area (TPSA) is 37.3 Å². The second-order valence-electron chi connectivity index (χ2n) is 2.08. The summed E-state index contributed by atoms with van der Waals surface area (Å²) in [5.41, 5.74) is 0. The molecule has 0 heterocycles. The van der Waals surface area contributed by atoms with Crippen molar-refractivity contribution in [2.75, 3.05) is 0 Å². The van der Waals surface area contributed by atoms with Crippen molar-refractivity contribution in [1.82, 2.24) is 0 Å². The minimum atomic E-state index is -1.30. The van der Waals surface area contributed by atoms with Crippen molar-refractivity contribution in [3.8, 4) is 0 Å². The first kappa shape index (κ1) is 9.24. The molecule has 0 aliphatic rings. The van der Waals surface area contributed by atoms with Crippen molar-refractivity contribution in [2.45, 2.75) is 17.6 Å². The van der Waals surface area contributed by atoms with Crippen LogP contribution in [0.1, 0.15) is 13.8 Å². The van der Waals surface area contributed by atoms with Crippen LogP contribution >= 0.6 is 27.5 Å². The summed E-state index contributed by atoms with van der Waals surface area (Å²) in [7, 11) is 0. The van der Waals surface area contributed by atoms with Crippen molar-refractivity contribution in [2.24, 2.45) is 5.92 Å². The van der Waals surface area contributed by atoms with Crippen LogP contribution in [0.3, 0.4) is 0 Å². The minimum Gasteiger partial charge on any atom is -0.479 e. The lowest BCUT2D eigenvalue weighted by atomic mass is 10.1. The Morgan fingerprint density at radius 3 is 2.11 bits per heavy atom. The molecule has 1 unspecified atom stereocenters. The molecule has 0 aromatic heterocycles. The van der Waals surface area contributed by atoms with E-state index in [-0.39, 0.29) is 5.92 Å². The Morgan fingerprint density at radius 2 is 2.11 bits per heavy atom. The van der Waals surface area contributed by atoms with Gasteiger partial charge in [0.15, 0.2) is 3.78 Å². The van der Waals surface area contributed by atoms with Gasteiger partial charge in [-0.15, -0.1) is 0 Å². The molecule has 2 nitrogen and oxygen atoms in total. The van der Waals surface area contributed by atoms with E-state index in [2.05, 4.69) is 15.9 Å². The molecule has 4 heteroatoms. The van der Waals surface area contributed by atoms with Crippen LogP contribution in [0.4, 0.5) is 0 Å². The molecule has 0 aromatic carbocycles. The number of carboxylic acid groups (broad SMARTS) is 1. The molecule has 0 rings (SSSR count). The van der Waals surface area contributed by atoms with Gasteiger partial charge in [0.05, 0.1) is 0 Å². The minimum absolute atomic E-state index is 0.128. The van der Waals surface area contributed by atoms with Gasteiger partial charge in [0.25, 0.3) is 0 Å². The van der Waals surface area contributed by atoms with Crippen LogP contribution in [-0.2, 0) is 4.79 Å². The van der Waals surface area contributed by atoms with Crippen LogP contribution < -0.4 is 0 Å². The average molecular weight is 215 g/mol. The Balaban J connectivity index is 4.19. The lowest BCUT2D eigenvalue weighted by molar-refractivity contribution is -0.138. The zero-order valence-electron chi connectivity index (χ0n) is 5.19. The smallest absolute Gasteiger partial charge is 0.336 e. The van der Waals surface area contributed by atoms with Gasteiger partial charge in [-0.2, -0.15) is 0 Å². The van der Waals surface area contributed by atoms with E-state index in [0.29, 0.717) is 0 Å². The van der Waals surface area contributed by atoms with E-state index in [1.54, 1.807) is 13.8 Å². The van der Waals surface area contributed by atoms with Crippen LogP contribution in [0.5, 0.6) is 0 Å². The van der Waals surface area contributed by atoms with Crippen LogP contribution in [0.25, 0.3) is 0 Å². The van der Waals surface area contributed by atoms with Crippen molar-refractivity contribution in [1.29, 1.82) is 0 Å². The van der Waals surface area contributed by atoms with E-state index < -0.39 is 9.75 Å². The second-order valence-corrected chi connectivity index (χ2v) is 4.39. The third-order valence-corrected chi connectivity index (χ3v) is 2.86. The van der Waals surface area contributed by atoms with Crippen LogP contribution in [0.2, 0.25) is 0 Å². The Bertz CT molecular complexity index is 122. The van der Waals surface area contributed by atoms with Crippen molar-refractivity contribution in [3.63, 3.8) is 0 Å². The molecule has 0 aliphatic heterocycles. The fourth-order valence-electron chi connectivity index (χ4n) is 0.247. The Hall–Kier alpha value is 0.240. The molecular weight excluding hydrogens is 207 g/mol. The van der Waals surface area contributed by atoms with Gasteiger partial charge in [0.2, 0.25) is 0 Å². The molecule has 0 saturated heterocycles. The number of hydrogen-bond donors (Lipinski definition) is 1. The van der Waals surface area contributed by atoms with E-state index in [1.165, 1.54) is 0 Å². The molecule has 0 saturated carbocycles. The fraction of sp³-hybridized carbons (Fsp3) is 0.800. The van der Waals surface area contributed by atoms with Crippen molar-refractivity contribution >= 4 is 33.5 Å². The number of hydrogen-bond acceptors (Lipinski definition) is 1. The molecule has 0 radical (unpaired) electrons. The Labute approximate surface area is 67.3 Å². The maximum Gasteiger partial charge on any atom is 0.336 e. The molecular formula is C5H8BrClO2. The Morgan fingerprint density at radius 1 is 1.78 bits per heavy atom. The first-order valence-electron chi connectivity index (χ1n) is 2.50. The highest BCUT2D eigenvalue weighted by Gasteiger charge is 2.36. The second kappa shape index (κ2) is 2.88. The SMILES string of the molecule is CC(C)C(Cl)(Br)C(=O)O. The highest BCUT2D eigenvalue weighted by molar-refractivity contribution is 9.10. The number of alkyl halides is 2. The summed E-state index contributed by atoms with van der Waals surface area (Å²) in [6.45, 7) is 3.46. The van der Waals surface area contributed by atoms with Crippen LogP contribution in [-0.4, -0.2) is 14.9 Å². The lowest BCUT2D eigenvalue weighted by Crippen LogP contribution is -2.30. The van der Waals surface area contributed by atoms with E-state index >= 15 is 0 Å². The van der Waals surface area contributed by atoms with Gasteiger partial charge in [0, 0.05) is 0 Å². The van der Waals surface area contributed by atoms with Gasteiger partial charge in [-0.05, 0) is 5.92 Å². The lowest BCUT2D eigenvalue weighted by Gasteiger charge is -2.17. The standard InChI is InChI=1S/C5H8BrClO2/c1-3(2)5(6,7)4(8)9/h3H,1-2H3,(H,8,9). The third-order valence-electron chi connectivity index (χ3n) is 1.01. The van der Waals surface area contributed by atoms with Crippen molar-refractivity contribution < 1.29 is 9.90 Å². The molecule has 0 aromatic rings. The highest BCUT2D eigenvalue weighted by Crippen LogP contribution is 2.32.